The molecule has 0 aliphatic carbocycles. The second-order valence-corrected chi connectivity index (χ2v) is 4.88. The molecular weight excluding hydrogens is 273 g/mol. The van der Waals surface area contributed by atoms with Crippen LogP contribution in [-0.4, -0.2) is 17.6 Å². The Balaban J connectivity index is 1.83. The first-order valence-corrected chi connectivity index (χ1v) is 6.66. The maximum Gasteiger partial charge on any atom is 0.232 e. The Bertz CT molecular complexity index is 687. The lowest BCUT2D eigenvalue weighted by atomic mass is 9.92. The van der Waals surface area contributed by atoms with Crippen LogP contribution >= 0.6 is 0 Å². The number of carbonyl (C=O) groups excluding carboxylic acids is 1. The summed E-state index contributed by atoms with van der Waals surface area (Å²) in [4.78, 5) is 12.4. The molecule has 0 aromatic heterocycles. The van der Waals surface area contributed by atoms with Crippen molar-refractivity contribution in [3.8, 4) is 11.5 Å². The number of hydrogen-bond donors (Lipinski definition) is 2. The molecule has 1 atom stereocenters. The second kappa shape index (κ2) is 5.44. The second-order valence-electron chi connectivity index (χ2n) is 4.88. The van der Waals surface area contributed by atoms with Crippen LogP contribution in [0.3, 0.4) is 0 Å². The molecule has 0 bridgehead atoms. The summed E-state index contributed by atoms with van der Waals surface area (Å²) in [5.41, 5.74) is 0.863. The lowest BCUT2D eigenvalue weighted by molar-refractivity contribution is -0.118. The third-order valence-electron chi connectivity index (χ3n) is 3.49. The number of fused-ring (bicyclic) bond motifs is 1. The Labute approximate surface area is 121 Å². The number of nitrogens with one attached hydrogen (secondary N) is 1. The molecule has 1 amide bonds. The van der Waals surface area contributed by atoms with Crippen molar-refractivity contribution < 1.29 is 19.0 Å². The van der Waals surface area contributed by atoms with Gasteiger partial charge < -0.3 is 15.2 Å². The minimum absolute atomic E-state index is 0.0572. The summed E-state index contributed by atoms with van der Waals surface area (Å²) in [6, 6.07) is 11.0. The van der Waals surface area contributed by atoms with Crippen molar-refractivity contribution in [2.75, 3.05) is 11.9 Å². The molecule has 2 aromatic rings. The Morgan fingerprint density at radius 3 is 2.90 bits per heavy atom. The third-order valence-corrected chi connectivity index (χ3v) is 3.49. The van der Waals surface area contributed by atoms with E-state index in [4.69, 9.17) is 4.74 Å². The molecule has 4 nitrogen and oxygen atoms in total. The van der Waals surface area contributed by atoms with Gasteiger partial charge in [0, 0.05) is 11.6 Å². The molecule has 1 aliphatic rings. The summed E-state index contributed by atoms with van der Waals surface area (Å²) in [5.74, 6) is -0.806. The number of anilines is 1. The van der Waals surface area contributed by atoms with Gasteiger partial charge in [0.25, 0.3) is 0 Å². The molecule has 2 aromatic carbocycles. The lowest BCUT2D eigenvalue weighted by Gasteiger charge is -2.25. The van der Waals surface area contributed by atoms with E-state index in [1.807, 2.05) is 24.3 Å². The minimum atomic E-state index is -0.663. The molecule has 0 spiro atoms. The number of hydrogen-bond acceptors (Lipinski definition) is 3. The standard InChI is InChI=1S/C16H14FNO3/c17-13-9-10(19)5-6-14(13)18-16(20)12-7-8-21-15-4-2-1-3-11(12)15/h1-6,9,12,19H,7-8H2,(H,18,20). The molecule has 2 N–H and O–H groups in total. The van der Waals surface area contributed by atoms with Crippen LogP contribution in [0.5, 0.6) is 11.5 Å². The van der Waals surface area contributed by atoms with Crippen LogP contribution in [0.1, 0.15) is 17.9 Å². The summed E-state index contributed by atoms with van der Waals surface area (Å²) in [6.07, 6.45) is 0.544. The third kappa shape index (κ3) is 2.67. The number of benzene rings is 2. The number of phenolic OH excluding ortho intramolecular Hbond substituents is 1. The van der Waals surface area contributed by atoms with E-state index < -0.39 is 5.82 Å². The monoisotopic (exact) mass is 287 g/mol. The molecule has 0 radical (unpaired) electrons. The normalized spacial score (nSPS) is 16.7. The number of rotatable bonds is 2. The lowest BCUT2D eigenvalue weighted by Crippen LogP contribution is -2.26. The zero-order valence-corrected chi connectivity index (χ0v) is 11.2. The average molecular weight is 287 g/mol. The van der Waals surface area contributed by atoms with Gasteiger partial charge in [-0.2, -0.15) is 0 Å². The Morgan fingerprint density at radius 2 is 2.10 bits per heavy atom. The Morgan fingerprint density at radius 1 is 1.29 bits per heavy atom. The van der Waals surface area contributed by atoms with Gasteiger partial charge in [0.15, 0.2) is 0 Å². The highest BCUT2D eigenvalue weighted by atomic mass is 19.1. The van der Waals surface area contributed by atoms with Crippen LogP contribution in [0.25, 0.3) is 0 Å². The molecule has 5 heteroatoms. The molecule has 21 heavy (non-hydrogen) atoms. The zero-order chi connectivity index (χ0) is 14.8. The topological polar surface area (TPSA) is 58.6 Å². The fraction of sp³-hybridized carbons (Fsp3) is 0.188. The summed E-state index contributed by atoms with van der Waals surface area (Å²) in [5, 5.41) is 11.7. The van der Waals surface area contributed by atoms with Crippen molar-refractivity contribution in [2.24, 2.45) is 0 Å². The largest absolute Gasteiger partial charge is 0.508 e. The molecule has 0 saturated carbocycles. The smallest absolute Gasteiger partial charge is 0.232 e. The molecule has 108 valence electrons. The highest BCUT2D eigenvalue weighted by Gasteiger charge is 2.27. The molecule has 1 unspecified atom stereocenters. The van der Waals surface area contributed by atoms with Crippen molar-refractivity contribution in [1.29, 1.82) is 0 Å². The van der Waals surface area contributed by atoms with Gasteiger partial charge >= 0.3 is 0 Å². The quantitative estimate of drug-likeness (QED) is 0.835. The van der Waals surface area contributed by atoms with Gasteiger partial charge in [-0.3, -0.25) is 4.79 Å². The highest BCUT2D eigenvalue weighted by Crippen LogP contribution is 2.34. The van der Waals surface area contributed by atoms with Gasteiger partial charge in [-0.1, -0.05) is 18.2 Å². The number of amides is 1. The first kappa shape index (κ1) is 13.4. The van der Waals surface area contributed by atoms with Crippen LogP contribution in [0.4, 0.5) is 10.1 Å². The van der Waals surface area contributed by atoms with E-state index in [0.29, 0.717) is 18.8 Å². The predicted octanol–water partition coefficient (Wildman–Crippen LogP) is 3.04. The van der Waals surface area contributed by atoms with Crippen molar-refractivity contribution in [2.45, 2.75) is 12.3 Å². The number of ether oxygens (including phenoxy) is 1. The van der Waals surface area contributed by atoms with Gasteiger partial charge in [-0.05, 0) is 24.6 Å². The fourth-order valence-corrected chi connectivity index (χ4v) is 2.44. The van der Waals surface area contributed by atoms with E-state index >= 15 is 0 Å². The van der Waals surface area contributed by atoms with Gasteiger partial charge in [0.2, 0.25) is 5.91 Å². The summed E-state index contributed by atoms with van der Waals surface area (Å²) in [6.45, 7) is 0.452. The first-order chi connectivity index (χ1) is 10.1. The number of halogens is 1. The van der Waals surface area contributed by atoms with E-state index in [-0.39, 0.29) is 23.3 Å². The van der Waals surface area contributed by atoms with Crippen LogP contribution < -0.4 is 10.1 Å². The Kier molecular flexibility index (Phi) is 3.48. The van der Waals surface area contributed by atoms with E-state index in [1.54, 1.807) is 0 Å². The van der Waals surface area contributed by atoms with Crippen molar-refractivity contribution in [1.82, 2.24) is 0 Å². The van der Waals surface area contributed by atoms with E-state index in [9.17, 15) is 14.3 Å². The Hall–Kier alpha value is -2.56. The molecule has 0 saturated heterocycles. The van der Waals surface area contributed by atoms with E-state index in [2.05, 4.69) is 5.32 Å². The number of carbonyl (C=O) groups is 1. The van der Waals surface area contributed by atoms with Crippen LogP contribution in [0.15, 0.2) is 42.5 Å². The number of para-hydroxylation sites is 1. The highest BCUT2D eigenvalue weighted by molar-refractivity contribution is 5.96. The molecule has 0 fully saturated rings. The molecular formula is C16H14FNO3. The molecule has 3 rings (SSSR count). The van der Waals surface area contributed by atoms with Gasteiger partial charge in [-0.15, -0.1) is 0 Å². The van der Waals surface area contributed by atoms with Crippen LogP contribution in [0, 0.1) is 5.82 Å². The number of aromatic hydroxyl groups is 1. The maximum absolute atomic E-state index is 13.7. The summed E-state index contributed by atoms with van der Waals surface area (Å²) < 4.78 is 19.2. The maximum atomic E-state index is 13.7. The summed E-state index contributed by atoms with van der Waals surface area (Å²) >= 11 is 0. The molecule has 1 heterocycles. The summed E-state index contributed by atoms with van der Waals surface area (Å²) in [7, 11) is 0. The minimum Gasteiger partial charge on any atom is -0.508 e. The van der Waals surface area contributed by atoms with Crippen molar-refractivity contribution >= 4 is 11.6 Å². The number of phenols is 1. The van der Waals surface area contributed by atoms with Crippen LogP contribution in [0.2, 0.25) is 0 Å². The van der Waals surface area contributed by atoms with Gasteiger partial charge in [-0.25, -0.2) is 4.39 Å². The molecule has 1 aliphatic heterocycles. The van der Waals surface area contributed by atoms with Gasteiger partial charge in [0.1, 0.15) is 17.3 Å². The van der Waals surface area contributed by atoms with E-state index in [0.717, 1.165) is 11.6 Å². The SMILES string of the molecule is O=C(Nc1ccc(O)cc1F)C1CCOc2ccccc21. The first-order valence-electron chi connectivity index (χ1n) is 6.66. The van der Waals surface area contributed by atoms with Crippen molar-refractivity contribution in [3.05, 3.63) is 53.8 Å². The average Bonchev–Trinajstić information content (AvgIpc) is 2.49. The fourth-order valence-electron chi connectivity index (χ4n) is 2.44. The van der Waals surface area contributed by atoms with Crippen LogP contribution in [-0.2, 0) is 4.79 Å². The van der Waals surface area contributed by atoms with Gasteiger partial charge in [0.05, 0.1) is 18.2 Å². The van der Waals surface area contributed by atoms with E-state index in [1.165, 1.54) is 12.1 Å². The zero-order valence-electron chi connectivity index (χ0n) is 11.2. The van der Waals surface area contributed by atoms with Crippen molar-refractivity contribution in [3.63, 3.8) is 0 Å². The predicted molar refractivity (Wildman–Crippen MR) is 76.0 cm³/mol.